The van der Waals surface area contributed by atoms with Crippen molar-refractivity contribution in [2.75, 3.05) is 19.5 Å². The van der Waals surface area contributed by atoms with E-state index < -0.39 is 20.2 Å². The number of aryl methyl sites for hydroxylation is 1. The van der Waals surface area contributed by atoms with E-state index >= 15 is 0 Å². The second-order valence-electron chi connectivity index (χ2n) is 5.91. The van der Waals surface area contributed by atoms with Crippen LogP contribution >= 0.6 is 7.82 Å². The van der Waals surface area contributed by atoms with E-state index in [0.29, 0.717) is 16.9 Å². The Balaban J connectivity index is 1.70. The van der Waals surface area contributed by atoms with Gasteiger partial charge in [-0.05, 0) is 6.92 Å². The van der Waals surface area contributed by atoms with Gasteiger partial charge in [-0.15, -0.1) is 0 Å². The number of ether oxygens (including phenoxy) is 1. The third kappa shape index (κ3) is 2.34. The van der Waals surface area contributed by atoms with Crippen LogP contribution in [-0.4, -0.2) is 45.4 Å². The number of nitrogens with zero attached hydrogens (tertiary/aromatic N) is 4. The highest BCUT2D eigenvalue weighted by molar-refractivity contribution is 7.48. The molecule has 2 aromatic heterocycles. The Hall–Kier alpha value is -1.58. The third-order valence-corrected chi connectivity index (χ3v) is 5.82. The van der Waals surface area contributed by atoms with Crippen LogP contribution in [0.25, 0.3) is 11.2 Å². The van der Waals surface area contributed by atoms with E-state index in [1.165, 1.54) is 7.11 Å². The quantitative estimate of drug-likeness (QED) is 0.796. The summed E-state index contributed by atoms with van der Waals surface area (Å²) in [4.78, 5) is 12.7. The molecule has 0 amide bonds. The van der Waals surface area contributed by atoms with Gasteiger partial charge in [0.25, 0.3) is 0 Å². The van der Waals surface area contributed by atoms with Gasteiger partial charge in [-0.25, -0.2) is 14.5 Å². The van der Waals surface area contributed by atoms with Crippen LogP contribution in [-0.2, 0) is 22.9 Å². The predicted molar refractivity (Wildman–Crippen MR) is 83.0 cm³/mol. The molecule has 0 aromatic carbocycles. The molecule has 4 heterocycles. The van der Waals surface area contributed by atoms with Crippen molar-refractivity contribution in [1.29, 1.82) is 0 Å². The number of rotatable bonds is 2. The molecule has 0 aliphatic carbocycles. The van der Waals surface area contributed by atoms with E-state index in [2.05, 4.69) is 15.0 Å². The van der Waals surface area contributed by atoms with Gasteiger partial charge in [0.1, 0.15) is 24.0 Å². The number of phosphoric acid groups is 1. The molecule has 2 fully saturated rings. The molecule has 2 aromatic rings. The summed E-state index contributed by atoms with van der Waals surface area (Å²) in [6, 6.07) is 0. The van der Waals surface area contributed by atoms with Crippen molar-refractivity contribution in [3.8, 4) is 0 Å². The average molecular weight is 355 g/mol. The molecule has 0 radical (unpaired) electrons. The maximum absolute atomic E-state index is 12.2. The van der Waals surface area contributed by atoms with Crippen molar-refractivity contribution in [3.05, 3.63) is 12.0 Å². The van der Waals surface area contributed by atoms with Crippen LogP contribution in [0.15, 0.2) is 6.33 Å². The van der Waals surface area contributed by atoms with Crippen LogP contribution in [0.1, 0.15) is 18.8 Å². The van der Waals surface area contributed by atoms with Gasteiger partial charge in [0, 0.05) is 13.0 Å². The number of hydrogen-bond acceptors (Lipinski definition) is 9. The zero-order chi connectivity index (χ0) is 17.1. The van der Waals surface area contributed by atoms with Crippen LogP contribution < -0.4 is 5.73 Å². The maximum atomic E-state index is 12.2. The van der Waals surface area contributed by atoms with Crippen LogP contribution in [0.2, 0.25) is 0 Å². The number of aromatic nitrogens is 4. The Bertz CT molecular complexity index is 842. The lowest BCUT2D eigenvalue weighted by molar-refractivity contribution is -0.0684. The first-order chi connectivity index (χ1) is 11.4. The summed E-state index contributed by atoms with van der Waals surface area (Å²) < 4.78 is 35.6. The van der Waals surface area contributed by atoms with Crippen molar-refractivity contribution >= 4 is 24.9 Å². The lowest BCUT2D eigenvalue weighted by atomic mass is 10.0. The average Bonchev–Trinajstić information content (AvgIpc) is 3.09. The van der Waals surface area contributed by atoms with Crippen molar-refractivity contribution in [2.24, 2.45) is 5.92 Å². The fourth-order valence-corrected chi connectivity index (χ4v) is 4.41. The van der Waals surface area contributed by atoms with Crippen molar-refractivity contribution in [1.82, 2.24) is 19.5 Å². The summed E-state index contributed by atoms with van der Waals surface area (Å²) in [5.41, 5.74) is 7.70. The minimum Gasteiger partial charge on any atom is -0.368 e. The number of imidazole rings is 1. The largest absolute Gasteiger partial charge is 0.474 e. The van der Waals surface area contributed by atoms with Gasteiger partial charge in [0.15, 0.2) is 5.65 Å². The summed E-state index contributed by atoms with van der Waals surface area (Å²) in [5.74, 6) is 0.0598. The molecule has 4 rings (SSSR count). The summed E-state index contributed by atoms with van der Waals surface area (Å²) in [6.07, 6.45) is 0.485. The molecule has 0 saturated carbocycles. The standard InChI is InChI=1S/C13H18N5O5P/c1-6-10-8(4-21-24(19,20-3)23-10)22-12(6)18-5-15-9-7(2)16-13(14)17-11(9)18/h5-6,8,10,12H,4H2,1-3H3,(H2,14,16,17)/t6?,8-,10+,12-,24+/m1/s1. The number of nitrogens with two attached hydrogens (primary N) is 1. The Morgan fingerprint density at radius 1 is 1.46 bits per heavy atom. The smallest absolute Gasteiger partial charge is 0.368 e. The lowest BCUT2D eigenvalue weighted by Gasteiger charge is -2.30. The Kier molecular flexibility index (Phi) is 3.63. The predicted octanol–water partition coefficient (Wildman–Crippen LogP) is 1.42. The molecular weight excluding hydrogens is 337 g/mol. The normalized spacial score (nSPS) is 36.1. The number of anilines is 1. The molecule has 2 saturated heterocycles. The van der Waals surface area contributed by atoms with Crippen LogP contribution in [0.5, 0.6) is 0 Å². The first-order valence-electron chi connectivity index (χ1n) is 7.52. The van der Waals surface area contributed by atoms with Gasteiger partial charge >= 0.3 is 7.82 Å². The van der Waals surface area contributed by atoms with E-state index in [1.807, 2.05) is 13.8 Å². The highest BCUT2D eigenvalue weighted by atomic mass is 31.2. The zero-order valence-corrected chi connectivity index (χ0v) is 14.3. The minimum absolute atomic E-state index is 0.115. The molecular formula is C13H18N5O5P. The van der Waals surface area contributed by atoms with Crippen molar-refractivity contribution in [2.45, 2.75) is 32.3 Å². The molecule has 24 heavy (non-hydrogen) atoms. The van der Waals surface area contributed by atoms with Crippen LogP contribution in [0.4, 0.5) is 5.95 Å². The number of phosphoric ester groups is 1. The topological polar surface area (TPSA) is 124 Å². The van der Waals surface area contributed by atoms with E-state index in [0.717, 1.165) is 0 Å². The molecule has 5 atom stereocenters. The molecule has 1 unspecified atom stereocenters. The highest BCUT2D eigenvalue weighted by Crippen LogP contribution is 2.57. The number of hydrogen-bond donors (Lipinski definition) is 1. The lowest BCUT2D eigenvalue weighted by Crippen LogP contribution is -2.36. The van der Waals surface area contributed by atoms with Crippen molar-refractivity contribution < 1.29 is 22.9 Å². The zero-order valence-electron chi connectivity index (χ0n) is 13.4. The summed E-state index contributed by atoms with van der Waals surface area (Å²) in [6.45, 7) is 3.91. The SMILES string of the molecule is CO[P@@]1(=O)OC[C@H]2O[C@@H](n3cnc4c(C)nc(N)nc43)C(C)[C@@H]2O1. The second-order valence-corrected chi connectivity index (χ2v) is 7.64. The molecule has 0 bridgehead atoms. The monoisotopic (exact) mass is 355 g/mol. The summed E-state index contributed by atoms with van der Waals surface area (Å²) in [7, 11) is -2.22. The van der Waals surface area contributed by atoms with Crippen molar-refractivity contribution in [3.63, 3.8) is 0 Å². The van der Waals surface area contributed by atoms with E-state index in [4.69, 9.17) is 24.0 Å². The van der Waals surface area contributed by atoms with E-state index in [-0.39, 0.29) is 24.6 Å². The fraction of sp³-hybridized carbons (Fsp3) is 0.615. The number of nitrogen functional groups attached to an aromatic ring is 1. The Morgan fingerprint density at radius 2 is 2.25 bits per heavy atom. The third-order valence-electron chi connectivity index (χ3n) is 4.41. The van der Waals surface area contributed by atoms with Crippen LogP contribution in [0.3, 0.4) is 0 Å². The van der Waals surface area contributed by atoms with Gasteiger partial charge in [-0.2, -0.15) is 4.98 Å². The summed E-state index contributed by atoms with van der Waals surface area (Å²) >= 11 is 0. The molecule has 11 heteroatoms. The first-order valence-corrected chi connectivity index (χ1v) is 8.99. The maximum Gasteiger partial charge on any atom is 0.474 e. The molecule has 130 valence electrons. The molecule has 10 nitrogen and oxygen atoms in total. The highest BCUT2D eigenvalue weighted by Gasteiger charge is 2.51. The van der Waals surface area contributed by atoms with E-state index in [1.54, 1.807) is 10.9 Å². The molecule has 2 aliphatic heterocycles. The molecule has 0 spiro atoms. The molecule has 2 aliphatic rings. The number of fused-ring (bicyclic) bond motifs is 2. The van der Waals surface area contributed by atoms with Crippen LogP contribution in [0, 0.1) is 12.8 Å². The first kappa shape index (κ1) is 15.9. The van der Waals surface area contributed by atoms with Gasteiger partial charge in [-0.3, -0.25) is 18.1 Å². The second kappa shape index (κ2) is 5.47. The van der Waals surface area contributed by atoms with Gasteiger partial charge in [0.05, 0.1) is 18.6 Å². The minimum atomic E-state index is -3.52. The van der Waals surface area contributed by atoms with Gasteiger partial charge in [-0.1, -0.05) is 6.92 Å². The Labute approximate surface area is 137 Å². The van der Waals surface area contributed by atoms with E-state index in [9.17, 15) is 4.57 Å². The Morgan fingerprint density at radius 3 is 3.00 bits per heavy atom. The summed E-state index contributed by atoms with van der Waals surface area (Å²) in [5, 5.41) is 0. The van der Waals surface area contributed by atoms with Gasteiger partial charge in [0.2, 0.25) is 5.95 Å². The fourth-order valence-electron chi connectivity index (χ4n) is 3.20. The van der Waals surface area contributed by atoms with Gasteiger partial charge < -0.3 is 10.5 Å². The molecule has 2 N–H and O–H groups in total.